The summed E-state index contributed by atoms with van der Waals surface area (Å²) in [6.45, 7) is 0. The second-order valence-electron chi connectivity index (χ2n) is 6.65. The third-order valence-corrected chi connectivity index (χ3v) is 5.01. The second-order valence-corrected chi connectivity index (χ2v) is 6.65. The zero-order chi connectivity index (χ0) is 18.6. The van der Waals surface area contributed by atoms with Gasteiger partial charge in [0, 0.05) is 30.1 Å². The SMILES string of the molecule is O=c1[nH]cc(-c2cc(C3CC3(F)c3ccccc3)c3nccn3n2)c(=O)[nH]1. The molecular formula is C19H14FN5O2. The van der Waals surface area contributed by atoms with E-state index in [1.807, 2.05) is 18.2 Å². The van der Waals surface area contributed by atoms with Crippen molar-refractivity contribution in [3.8, 4) is 11.3 Å². The summed E-state index contributed by atoms with van der Waals surface area (Å²) in [6.07, 6.45) is 4.87. The Bertz CT molecular complexity index is 1280. The van der Waals surface area contributed by atoms with Crippen molar-refractivity contribution >= 4 is 5.65 Å². The van der Waals surface area contributed by atoms with E-state index in [-0.39, 0.29) is 11.5 Å². The predicted molar refractivity (Wildman–Crippen MR) is 96.3 cm³/mol. The zero-order valence-electron chi connectivity index (χ0n) is 14.0. The monoisotopic (exact) mass is 363 g/mol. The lowest BCUT2D eigenvalue weighted by Crippen LogP contribution is -2.23. The smallest absolute Gasteiger partial charge is 0.313 e. The second kappa shape index (κ2) is 5.47. The molecule has 1 aliphatic carbocycles. The molecule has 2 atom stereocenters. The van der Waals surface area contributed by atoms with E-state index in [0.29, 0.717) is 28.9 Å². The van der Waals surface area contributed by atoms with Gasteiger partial charge in [0.05, 0.1) is 11.3 Å². The van der Waals surface area contributed by atoms with E-state index in [9.17, 15) is 9.59 Å². The van der Waals surface area contributed by atoms with Crippen LogP contribution in [0.5, 0.6) is 0 Å². The van der Waals surface area contributed by atoms with E-state index in [0.717, 1.165) is 0 Å². The van der Waals surface area contributed by atoms with E-state index >= 15 is 4.39 Å². The van der Waals surface area contributed by atoms with E-state index < -0.39 is 16.9 Å². The van der Waals surface area contributed by atoms with Gasteiger partial charge in [-0.2, -0.15) is 5.10 Å². The summed E-state index contributed by atoms with van der Waals surface area (Å²) in [6, 6.07) is 10.7. The van der Waals surface area contributed by atoms with Crippen molar-refractivity contribution < 1.29 is 4.39 Å². The first-order chi connectivity index (χ1) is 13.1. The summed E-state index contributed by atoms with van der Waals surface area (Å²) >= 11 is 0. The summed E-state index contributed by atoms with van der Waals surface area (Å²) in [4.78, 5) is 32.3. The molecule has 1 saturated carbocycles. The van der Waals surface area contributed by atoms with Crippen molar-refractivity contribution in [2.75, 3.05) is 0 Å². The Morgan fingerprint density at radius 1 is 1.22 bits per heavy atom. The maximum atomic E-state index is 15.5. The third-order valence-electron chi connectivity index (χ3n) is 5.01. The number of fused-ring (bicyclic) bond motifs is 1. The molecule has 2 N–H and O–H groups in total. The molecule has 1 fully saturated rings. The fourth-order valence-corrected chi connectivity index (χ4v) is 3.56. The molecule has 0 radical (unpaired) electrons. The largest absolute Gasteiger partial charge is 0.325 e. The van der Waals surface area contributed by atoms with Crippen LogP contribution in [0.1, 0.15) is 23.5 Å². The van der Waals surface area contributed by atoms with Crippen molar-refractivity contribution in [2.24, 2.45) is 0 Å². The Kier molecular flexibility index (Phi) is 3.18. The molecular weight excluding hydrogens is 349 g/mol. The van der Waals surface area contributed by atoms with Crippen LogP contribution in [0.3, 0.4) is 0 Å². The number of rotatable bonds is 3. The third kappa shape index (κ3) is 2.41. The molecule has 27 heavy (non-hydrogen) atoms. The van der Waals surface area contributed by atoms with Crippen LogP contribution in [0.2, 0.25) is 0 Å². The summed E-state index contributed by atoms with van der Waals surface area (Å²) in [7, 11) is 0. The van der Waals surface area contributed by atoms with Gasteiger partial charge in [0.15, 0.2) is 5.65 Å². The summed E-state index contributed by atoms with van der Waals surface area (Å²) < 4.78 is 17.0. The highest BCUT2D eigenvalue weighted by molar-refractivity contribution is 5.64. The molecule has 134 valence electrons. The van der Waals surface area contributed by atoms with Crippen LogP contribution in [0, 0.1) is 0 Å². The van der Waals surface area contributed by atoms with Gasteiger partial charge in [-0.15, -0.1) is 0 Å². The van der Waals surface area contributed by atoms with Gasteiger partial charge < -0.3 is 4.98 Å². The lowest BCUT2D eigenvalue weighted by molar-refractivity contribution is 0.306. The fraction of sp³-hybridized carbons (Fsp3) is 0.158. The van der Waals surface area contributed by atoms with Gasteiger partial charge in [-0.3, -0.25) is 9.78 Å². The van der Waals surface area contributed by atoms with Crippen LogP contribution in [0.15, 0.2) is 64.6 Å². The van der Waals surface area contributed by atoms with Crippen LogP contribution in [0.4, 0.5) is 4.39 Å². The molecule has 0 amide bonds. The van der Waals surface area contributed by atoms with Gasteiger partial charge in [0.25, 0.3) is 5.56 Å². The number of hydrogen-bond acceptors (Lipinski definition) is 4. The van der Waals surface area contributed by atoms with Crippen molar-refractivity contribution in [3.05, 3.63) is 87.0 Å². The van der Waals surface area contributed by atoms with Crippen LogP contribution >= 0.6 is 0 Å². The molecule has 3 heterocycles. The van der Waals surface area contributed by atoms with Gasteiger partial charge in [-0.1, -0.05) is 30.3 Å². The van der Waals surface area contributed by atoms with Crippen molar-refractivity contribution in [3.63, 3.8) is 0 Å². The van der Waals surface area contributed by atoms with Gasteiger partial charge in [-0.05, 0) is 18.1 Å². The molecule has 7 nitrogen and oxygen atoms in total. The minimum atomic E-state index is -1.47. The van der Waals surface area contributed by atoms with Crippen LogP contribution in [0.25, 0.3) is 16.9 Å². The number of H-pyrrole nitrogens is 2. The predicted octanol–water partition coefficient (Wildman–Crippen LogP) is 2.13. The number of nitrogens with one attached hydrogen (secondary N) is 2. The number of nitrogens with zero attached hydrogens (tertiary/aromatic N) is 3. The topological polar surface area (TPSA) is 95.9 Å². The summed E-state index contributed by atoms with van der Waals surface area (Å²) in [5.74, 6) is -0.381. The number of halogens is 1. The molecule has 0 bridgehead atoms. The Morgan fingerprint density at radius 3 is 2.81 bits per heavy atom. The quantitative estimate of drug-likeness (QED) is 0.583. The Morgan fingerprint density at radius 2 is 2.04 bits per heavy atom. The van der Waals surface area contributed by atoms with Crippen LogP contribution in [-0.4, -0.2) is 24.6 Å². The summed E-state index contributed by atoms with van der Waals surface area (Å²) in [5.41, 5.74) is -0.207. The Labute approximate surface area is 151 Å². The molecule has 0 saturated heterocycles. The first kappa shape index (κ1) is 15.7. The molecule has 1 aromatic carbocycles. The highest BCUT2D eigenvalue weighted by Crippen LogP contribution is 2.62. The highest BCUT2D eigenvalue weighted by atomic mass is 19.1. The van der Waals surface area contributed by atoms with E-state index in [4.69, 9.17) is 0 Å². The van der Waals surface area contributed by atoms with Gasteiger partial charge >= 0.3 is 5.69 Å². The Balaban J connectivity index is 1.66. The average molecular weight is 363 g/mol. The summed E-state index contributed by atoms with van der Waals surface area (Å²) in [5, 5.41) is 4.38. The van der Waals surface area contributed by atoms with Crippen molar-refractivity contribution in [2.45, 2.75) is 18.0 Å². The number of aromatic nitrogens is 5. The molecule has 8 heteroatoms. The minimum absolute atomic E-state index is 0.205. The lowest BCUT2D eigenvalue weighted by atomic mass is 10.0. The van der Waals surface area contributed by atoms with Gasteiger partial charge in [0.1, 0.15) is 5.67 Å². The van der Waals surface area contributed by atoms with Crippen molar-refractivity contribution in [1.82, 2.24) is 24.6 Å². The molecule has 5 rings (SSSR count). The number of aromatic amines is 2. The van der Waals surface area contributed by atoms with Gasteiger partial charge in [-0.25, -0.2) is 18.7 Å². The molecule has 0 spiro atoms. The van der Waals surface area contributed by atoms with Crippen LogP contribution < -0.4 is 11.2 Å². The highest BCUT2D eigenvalue weighted by Gasteiger charge is 2.58. The molecule has 3 aromatic heterocycles. The average Bonchev–Trinajstić information content (AvgIpc) is 3.13. The number of hydrogen-bond donors (Lipinski definition) is 2. The standard InChI is InChI=1S/C19H14FN5O2/c20-19(11-4-2-1-3-5-11)9-14(19)12-8-15(24-25-7-6-21-16(12)25)13-10-22-18(27)23-17(13)26/h1-8,10,14H,9H2,(H2,22,23,26,27). The maximum absolute atomic E-state index is 15.5. The normalized spacial score (nSPS) is 21.4. The molecule has 1 aliphatic rings. The fourth-order valence-electron chi connectivity index (χ4n) is 3.56. The maximum Gasteiger partial charge on any atom is 0.325 e. The van der Waals surface area contributed by atoms with Crippen molar-refractivity contribution in [1.29, 1.82) is 0 Å². The van der Waals surface area contributed by atoms with E-state index in [2.05, 4.69) is 20.1 Å². The van der Waals surface area contributed by atoms with E-state index in [1.165, 1.54) is 10.7 Å². The first-order valence-electron chi connectivity index (χ1n) is 8.47. The molecule has 2 unspecified atom stereocenters. The minimum Gasteiger partial charge on any atom is -0.313 e. The molecule has 4 aromatic rings. The van der Waals surface area contributed by atoms with Crippen LogP contribution in [-0.2, 0) is 5.67 Å². The number of alkyl halides is 1. The lowest BCUT2D eigenvalue weighted by Gasteiger charge is -2.10. The number of benzene rings is 1. The zero-order valence-corrected chi connectivity index (χ0v) is 14.0. The first-order valence-corrected chi connectivity index (χ1v) is 8.47. The number of imidazole rings is 1. The molecule has 0 aliphatic heterocycles. The van der Waals surface area contributed by atoms with E-state index in [1.54, 1.807) is 30.6 Å². The van der Waals surface area contributed by atoms with Gasteiger partial charge in [0.2, 0.25) is 0 Å². The Hall–Kier alpha value is -3.55.